The van der Waals surface area contributed by atoms with Gasteiger partial charge in [0.2, 0.25) is 5.91 Å². The zero-order chi connectivity index (χ0) is 12.4. The molecule has 2 aromatic carbocycles. The van der Waals surface area contributed by atoms with Gasteiger partial charge < -0.3 is 5.73 Å². The van der Waals surface area contributed by atoms with E-state index in [1.54, 1.807) is 12.1 Å². The Kier molecular flexibility index (Phi) is 2.87. The molecule has 0 aliphatic heterocycles. The summed E-state index contributed by atoms with van der Waals surface area (Å²) >= 11 is 0. The smallest absolute Gasteiger partial charge is 0.249 e. The largest absolute Gasteiger partial charge is 0.366 e. The molecule has 0 aliphatic rings. The lowest BCUT2D eigenvalue weighted by Crippen LogP contribution is -2.12. The van der Waals surface area contributed by atoms with Crippen LogP contribution in [0.2, 0.25) is 0 Å². The van der Waals surface area contributed by atoms with Crippen LogP contribution in [0.5, 0.6) is 0 Å². The average molecular weight is 232 g/mol. The van der Waals surface area contributed by atoms with Crippen LogP contribution in [0.25, 0.3) is 11.1 Å². The highest BCUT2D eigenvalue weighted by atomic mass is 19.1. The number of nitrogens with two attached hydrogens (primary N) is 1. The first-order chi connectivity index (χ1) is 8.08. The van der Waals surface area contributed by atoms with Gasteiger partial charge in [0.05, 0.1) is 5.56 Å². The van der Waals surface area contributed by atoms with E-state index in [4.69, 9.17) is 5.73 Å². The molecule has 0 spiro atoms. The molecule has 0 aliphatic carbocycles. The van der Waals surface area contributed by atoms with Crippen molar-refractivity contribution in [3.05, 3.63) is 59.7 Å². The topological polar surface area (TPSA) is 43.1 Å². The van der Waals surface area contributed by atoms with Crippen molar-refractivity contribution in [1.29, 1.82) is 0 Å². The second-order valence-corrected chi connectivity index (χ2v) is 3.48. The second-order valence-electron chi connectivity index (χ2n) is 3.48. The molecule has 2 rings (SSSR count). The van der Waals surface area contributed by atoms with E-state index < -0.39 is 17.5 Å². The number of carbonyl (C=O) groups is 1. The van der Waals surface area contributed by atoms with E-state index in [9.17, 15) is 13.6 Å². The first-order valence-corrected chi connectivity index (χ1v) is 4.85. The molecule has 0 saturated heterocycles. The van der Waals surface area contributed by atoms with Crippen LogP contribution in [-0.2, 0) is 0 Å². The SMILES string of the molecule is NC(=O)c1[c]cccc1-c1cc(F)cc(F)c1. The van der Waals surface area contributed by atoms with Crippen molar-refractivity contribution in [2.75, 3.05) is 0 Å². The minimum absolute atomic E-state index is 0.109. The van der Waals surface area contributed by atoms with Crippen LogP contribution in [0.3, 0.4) is 0 Å². The minimum atomic E-state index is -0.709. The van der Waals surface area contributed by atoms with E-state index in [0.29, 0.717) is 5.56 Å². The maximum atomic E-state index is 13.1. The standard InChI is InChI=1S/C13H8F2NO/c14-9-5-8(6-10(15)7-9)11-3-1-2-4-12(11)13(16)17/h1-3,5-7H,(H2,16,17). The molecule has 1 radical (unpaired) electrons. The Hall–Kier alpha value is -2.23. The summed E-state index contributed by atoms with van der Waals surface area (Å²) in [6, 6.07) is 10.4. The van der Waals surface area contributed by atoms with Crippen molar-refractivity contribution in [3.63, 3.8) is 0 Å². The van der Waals surface area contributed by atoms with E-state index in [-0.39, 0.29) is 11.1 Å². The summed E-state index contributed by atoms with van der Waals surface area (Å²) in [6.07, 6.45) is 0. The lowest BCUT2D eigenvalue weighted by atomic mass is 9.99. The fraction of sp³-hybridized carbons (Fsp3) is 0. The Balaban J connectivity index is 2.64. The van der Waals surface area contributed by atoms with Crippen LogP contribution >= 0.6 is 0 Å². The normalized spacial score (nSPS) is 10.2. The van der Waals surface area contributed by atoms with Gasteiger partial charge in [-0.25, -0.2) is 8.78 Å². The fourth-order valence-corrected chi connectivity index (χ4v) is 1.59. The van der Waals surface area contributed by atoms with Crippen molar-refractivity contribution in [2.45, 2.75) is 0 Å². The zero-order valence-corrected chi connectivity index (χ0v) is 8.71. The van der Waals surface area contributed by atoms with Crippen LogP contribution in [0.15, 0.2) is 36.4 Å². The number of primary amides is 1. The number of benzene rings is 2. The molecule has 0 unspecified atom stereocenters. The van der Waals surface area contributed by atoms with E-state index >= 15 is 0 Å². The molecule has 4 heteroatoms. The number of halogens is 2. The third kappa shape index (κ3) is 2.30. The number of amides is 1. The Morgan fingerprint density at radius 2 is 1.82 bits per heavy atom. The first-order valence-electron chi connectivity index (χ1n) is 4.85. The minimum Gasteiger partial charge on any atom is -0.366 e. The summed E-state index contributed by atoms with van der Waals surface area (Å²) in [5.74, 6) is -2.11. The molecule has 85 valence electrons. The number of carbonyl (C=O) groups excluding carboxylic acids is 1. The summed E-state index contributed by atoms with van der Waals surface area (Å²) in [5.41, 5.74) is 5.90. The van der Waals surface area contributed by atoms with Crippen molar-refractivity contribution in [1.82, 2.24) is 0 Å². The lowest BCUT2D eigenvalue weighted by Gasteiger charge is -2.06. The average Bonchev–Trinajstić information content (AvgIpc) is 2.27. The summed E-state index contributed by atoms with van der Waals surface area (Å²) in [5, 5.41) is 0. The number of hydrogen-bond acceptors (Lipinski definition) is 1. The van der Waals surface area contributed by atoms with Gasteiger partial charge in [0.1, 0.15) is 11.6 Å². The van der Waals surface area contributed by atoms with Crippen molar-refractivity contribution >= 4 is 5.91 Å². The summed E-state index contributed by atoms with van der Waals surface area (Å²) in [7, 11) is 0. The van der Waals surface area contributed by atoms with Gasteiger partial charge in [-0.2, -0.15) is 0 Å². The van der Waals surface area contributed by atoms with E-state index in [2.05, 4.69) is 6.07 Å². The molecule has 0 fully saturated rings. The van der Waals surface area contributed by atoms with Gasteiger partial charge in [-0.15, -0.1) is 0 Å². The van der Waals surface area contributed by atoms with Gasteiger partial charge in [0.25, 0.3) is 0 Å². The number of hydrogen-bond donors (Lipinski definition) is 1. The van der Waals surface area contributed by atoms with Crippen LogP contribution < -0.4 is 5.73 Å². The second kappa shape index (κ2) is 4.33. The Bertz CT molecular complexity index is 561. The van der Waals surface area contributed by atoms with Gasteiger partial charge in [-0.05, 0) is 29.3 Å². The monoisotopic (exact) mass is 232 g/mol. The lowest BCUT2D eigenvalue weighted by molar-refractivity contribution is 0.100. The van der Waals surface area contributed by atoms with Gasteiger partial charge >= 0.3 is 0 Å². The predicted octanol–water partition coefficient (Wildman–Crippen LogP) is 2.53. The first kappa shape index (κ1) is 11.3. The molecule has 0 aromatic heterocycles. The molecular formula is C13H8F2NO. The third-order valence-corrected chi connectivity index (χ3v) is 2.28. The molecule has 1 amide bonds. The highest BCUT2D eigenvalue weighted by Crippen LogP contribution is 2.24. The third-order valence-electron chi connectivity index (χ3n) is 2.28. The Morgan fingerprint density at radius 3 is 2.41 bits per heavy atom. The van der Waals surface area contributed by atoms with Gasteiger partial charge in [-0.1, -0.05) is 18.2 Å². The van der Waals surface area contributed by atoms with E-state index in [0.717, 1.165) is 18.2 Å². The maximum Gasteiger partial charge on any atom is 0.249 e. The molecule has 2 N–H and O–H groups in total. The highest BCUT2D eigenvalue weighted by molar-refractivity contribution is 5.99. The highest BCUT2D eigenvalue weighted by Gasteiger charge is 2.11. The Morgan fingerprint density at radius 1 is 1.18 bits per heavy atom. The van der Waals surface area contributed by atoms with E-state index in [1.807, 2.05) is 0 Å². The molecule has 17 heavy (non-hydrogen) atoms. The predicted molar refractivity (Wildman–Crippen MR) is 59.1 cm³/mol. The van der Waals surface area contributed by atoms with Crippen LogP contribution in [0, 0.1) is 17.7 Å². The molecule has 0 saturated carbocycles. The Labute approximate surface area is 96.7 Å². The molecule has 0 heterocycles. The number of rotatable bonds is 2. The molecular weight excluding hydrogens is 224 g/mol. The molecule has 2 aromatic rings. The van der Waals surface area contributed by atoms with Crippen molar-refractivity contribution in [3.8, 4) is 11.1 Å². The quantitative estimate of drug-likeness (QED) is 0.849. The van der Waals surface area contributed by atoms with Crippen molar-refractivity contribution in [2.24, 2.45) is 5.73 Å². The summed E-state index contributed by atoms with van der Waals surface area (Å²) in [4.78, 5) is 11.2. The molecule has 0 bridgehead atoms. The molecule has 0 atom stereocenters. The van der Waals surface area contributed by atoms with Crippen molar-refractivity contribution < 1.29 is 13.6 Å². The van der Waals surface area contributed by atoms with Crippen LogP contribution in [0.1, 0.15) is 10.4 Å². The molecule has 2 nitrogen and oxygen atoms in total. The van der Waals surface area contributed by atoms with Gasteiger partial charge in [-0.3, -0.25) is 4.79 Å². The zero-order valence-electron chi connectivity index (χ0n) is 8.71. The maximum absolute atomic E-state index is 13.1. The summed E-state index contributed by atoms with van der Waals surface area (Å²) < 4.78 is 26.2. The fourth-order valence-electron chi connectivity index (χ4n) is 1.59. The van der Waals surface area contributed by atoms with Crippen LogP contribution in [0.4, 0.5) is 8.78 Å². The van der Waals surface area contributed by atoms with Crippen LogP contribution in [-0.4, -0.2) is 5.91 Å². The van der Waals surface area contributed by atoms with E-state index in [1.165, 1.54) is 6.07 Å². The summed E-state index contributed by atoms with van der Waals surface area (Å²) in [6.45, 7) is 0. The van der Waals surface area contributed by atoms with Gasteiger partial charge in [0, 0.05) is 6.07 Å². The van der Waals surface area contributed by atoms with Gasteiger partial charge in [0.15, 0.2) is 0 Å².